The molecule has 5 nitrogen and oxygen atoms in total. The van der Waals surface area contributed by atoms with E-state index < -0.39 is 0 Å². The van der Waals surface area contributed by atoms with Gasteiger partial charge in [-0.1, -0.05) is 42.5 Å². The highest BCUT2D eigenvalue weighted by molar-refractivity contribution is 5.81. The average Bonchev–Trinajstić information content (AvgIpc) is 3.38. The van der Waals surface area contributed by atoms with Gasteiger partial charge in [0.25, 0.3) is 0 Å². The summed E-state index contributed by atoms with van der Waals surface area (Å²) in [5, 5.41) is 8.01. The molecule has 2 heterocycles. The van der Waals surface area contributed by atoms with Gasteiger partial charge in [-0.05, 0) is 54.6 Å². The third-order valence-corrected chi connectivity index (χ3v) is 5.34. The molecule has 0 saturated carbocycles. The summed E-state index contributed by atoms with van der Waals surface area (Å²) < 4.78 is 0. The molecule has 0 atom stereocenters. The number of aliphatic imine (C=N–C) groups is 1. The molecule has 0 spiro atoms. The molecular weight excluding hydrogens is 346 g/mol. The van der Waals surface area contributed by atoms with E-state index in [4.69, 9.17) is 0 Å². The maximum Gasteiger partial charge on any atom is 0.191 e. The summed E-state index contributed by atoms with van der Waals surface area (Å²) in [5.41, 5.74) is 4.97. The standard InChI is InChI=1S/C23H29N5/c1-24-23(26-16-21-14-20-6-2-3-7-22(20)27-21)25-15-18-8-10-19(11-9-18)17-28-12-4-5-13-28/h2-3,6-11,14,27H,4-5,12-13,15-17H2,1H3,(H2,24,25,26). The van der Waals surface area contributed by atoms with Crippen molar-refractivity contribution >= 4 is 16.9 Å². The van der Waals surface area contributed by atoms with Gasteiger partial charge in [-0.3, -0.25) is 9.89 Å². The lowest BCUT2D eigenvalue weighted by atomic mass is 10.1. The number of guanidine groups is 1. The molecule has 28 heavy (non-hydrogen) atoms. The third-order valence-electron chi connectivity index (χ3n) is 5.34. The van der Waals surface area contributed by atoms with Crippen LogP contribution in [0, 0.1) is 0 Å². The lowest BCUT2D eigenvalue weighted by Crippen LogP contribution is -2.36. The van der Waals surface area contributed by atoms with Crippen LogP contribution in [0.15, 0.2) is 59.6 Å². The Bertz CT molecular complexity index is 887. The number of hydrogen-bond acceptors (Lipinski definition) is 2. The Kier molecular flexibility index (Phi) is 5.92. The van der Waals surface area contributed by atoms with Crippen molar-refractivity contribution in [3.8, 4) is 0 Å². The largest absolute Gasteiger partial charge is 0.357 e. The number of nitrogens with zero attached hydrogens (tertiary/aromatic N) is 2. The van der Waals surface area contributed by atoms with Crippen LogP contribution >= 0.6 is 0 Å². The van der Waals surface area contributed by atoms with Crippen molar-refractivity contribution in [2.75, 3.05) is 20.1 Å². The lowest BCUT2D eigenvalue weighted by molar-refractivity contribution is 0.331. The predicted octanol–water partition coefficient (Wildman–Crippen LogP) is 3.63. The molecule has 0 amide bonds. The molecule has 2 aromatic carbocycles. The molecule has 1 fully saturated rings. The van der Waals surface area contributed by atoms with E-state index >= 15 is 0 Å². The molecule has 1 aromatic heterocycles. The Hall–Kier alpha value is -2.79. The summed E-state index contributed by atoms with van der Waals surface area (Å²) in [4.78, 5) is 10.3. The van der Waals surface area contributed by atoms with E-state index in [1.54, 1.807) is 7.05 Å². The van der Waals surface area contributed by atoms with Crippen molar-refractivity contribution < 1.29 is 0 Å². The van der Waals surface area contributed by atoms with Gasteiger partial charge in [0.05, 0.1) is 6.54 Å². The van der Waals surface area contributed by atoms with Crippen LogP contribution in [0.3, 0.4) is 0 Å². The Morgan fingerprint density at radius 3 is 2.43 bits per heavy atom. The number of benzene rings is 2. The highest BCUT2D eigenvalue weighted by atomic mass is 15.2. The Balaban J connectivity index is 1.26. The summed E-state index contributed by atoms with van der Waals surface area (Å²) in [6.45, 7) is 5.02. The second-order valence-corrected chi connectivity index (χ2v) is 7.46. The lowest BCUT2D eigenvalue weighted by Gasteiger charge is -2.15. The third kappa shape index (κ3) is 4.73. The zero-order chi connectivity index (χ0) is 19.2. The normalized spacial score (nSPS) is 15.2. The molecule has 5 heteroatoms. The molecule has 0 aliphatic carbocycles. The van der Waals surface area contributed by atoms with Gasteiger partial charge >= 0.3 is 0 Å². The first kappa shape index (κ1) is 18.6. The summed E-state index contributed by atoms with van der Waals surface area (Å²) in [5.74, 6) is 0.805. The van der Waals surface area contributed by atoms with E-state index in [0.717, 1.165) is 30.3 Å². The number of rotatable bonds is 6. The summed E-state index contributed by atoms with van der Waals surface area (Å²) in [6.07, 6.45) is 2.68. The molecule has 1 saturated heterocycles. The molecule has 1 aliphatic heterocycles. The van der Waals surface area contributed by atoms with E-state index in [0.29, 0.717) is 6.54 Å². The number of H-pyrrole nitrogens is 1. The smallest absolute Gasteiger partial charge is 0.191 e. The second-order valence-electron chi connectivity index (χ2n) is 7.46. The van der Waals surface area contributed by atoms with Crippen LogP contribution < -0.4 is 10.6 Å². The van der Waals surface area contributed by atoms with Crippen LogP contribution in [-0.4, -0.2) is 36.0 Å². The molecule has 0 bridgehead atoms. The maximum atomic E-state index is 4.33. The van der Waals surface area contributed by atoms with E-state index in [1.807, 2.05) is 6.07 Å². The first-order valence-corrected chi connectivity index (χ1v) is 10.1. The highest BCUT2D eigenvalue weighted by Gasteiger charge is 2.11. The number of fused-ring (bicyclic) bond motifs is 1. The minimum absolute atomic E-state index is 0.711. The average molecular weight is 376 g/mol. The fourth-order valence-electron chi connectivity index (χ4n) is 3.78. The van der Waals surface area contributed by atoms with E-state index in [-0.39, 0.29) is 0 Å². The van der Waals surface area contributed by atoms with Gasteiger partial charge in [-0.25, -0.2) is 0 Å². The molecule has 0 unspecified atom stereocenters. The second kappa shape index (κ2) is 8.93. The minimum atomic E-state index is 0.711. The quantitative estimate of drug-likeness (QED) is 0.455. The van der Waals surface area contributed by atoms with E-state index in [1.165, 1.54) is 42.4 Å². The van der Waals surface area contributed by atoms with Gasteiger partial charge in [0.2, 0.25) is 0 Å². The van der Waals surface area contributed by atoms with Gasteiger partial charge < -0.3 is 15.6 Å². The van der Waals surface area contributed by atoms with Gasteiger partial charge in [0.15, 0.2) is 5.96 Å². The number of para-hydroxylation sites is 1. The fraction of sp³-hybridized carbons (Fsp3) is 0.348. The molecule has 146 valence electrons. The maximum absolute atomic E-state index is 4.33. The van der Waals surface area contributed by atoms with Crippen molar-refractivity contribution in [3.05, 3.63) is 71.4 Å². The first-order chi connectivity index (χ1) is 13.8. The van der Waals surface area contributed by atoms with Crippen LogP contribution in [0.25, 0.3) is 10.9 Å². The molecule has 0 radical (unpaired) electrons. The molecule has 3 aromatic rings. The molecule has 4 rings (SSSR count). The van der Waals surface area contributed by atoms with Gasteiger partial charge in [-0.2, -0.15) is 0 Å². The number of hydrogen-bond donors (Lipinski definition) is 3. The van der Waals surface area contributed by atoms with Crippen molar-refractivity contribution in [1.82, 2.24) is 20.5 Å². The highest BCUT2D eigenvalue weighted by Crippen LogP contribution is 2.15. The first-order valence-electron chi connectivity index (χ1n) is 10.1. The van der Waals surface area contributed by atoms with Crippen LogP contribution in [-0.2, 0) is 19.6 Å². The molecule has 3 N–H and O–H groups in total. The Labute approximate surface area is 166 Å². The number of nitrogens with one attached hydrogen (secondary N) is 3. The van der Waals surface area contributed by atoms with Gasteiger partial charge in [0, 0.05) is 31.3 Å². The van der Waals surface area contributed by atoms with Crippen LogP contribution in [0.5, 0.6) is 0 Å². The molecular formula is C23H29N5. The fourth-order valence-corrected chi connectivity index (χ4v) is 3.78. The topological polar surface area (TPSA) is 55.5 Å². The van der Waals surface area contributed by atoms with Gasteiger partial charge in [0.1, 0.15) is 0 Å². The summed E-state index contributed by atoms with van der Waals surface area (Å²) in [6, 6.07) is 19.4. The van der Waals surface area contributed by atoms with Crippen molar-refractivity contribution in [2.24, 2.45) is 4.99 Å². The monoisotopic (exact) mass is 375 g/mol. The SMILES string of the molecule is CN=C(NCc1ccc(CN2CCCC2)cc1)NCc1cc2ccccc2[nH]1. The van der Waals surface area contributed by atoms with Gasteiger partial charge in [-0.15, -0.1) is 0 Å². The molecule has 1 aliphatic rings. The zero-order valence-electron chi connectivity index (χ0n) is 16.5. The van der Waals surface area contributed by atoms with Crippen LogP contribution in [0.1, 0.15) is 29.7 Å². The zero-order valence-corrected chi connectivity index (χ0v) is 16.5. The van der Waals surface area contributed by atoms with Crippen molar-refractivity contribution in [1.29, 1.82) is 0 Å². The van der Waals surface area contributed by atoms with E-state index in [2.05, 4.69) is 74.0 Å². The van der Waals surface area contributed by atoms with Crippen molar-refractivity contribution in [3.63, 3.8) is 0 Å². The van der Waals surface area contributed by atoms with Crippen molar-refractivity contribution in [2.45, 2.75) is 32.5 Å². The van der Waals surface area contributed by atoms with Crippen LogP contribution in [0.2, 0.25) is 0 Å². The number of aromatic amines is 1. The van der Waals surface area contributed by atoms with Crippen LogP contribution in [0.4, 0.5) is 0 Å². The van der Waals surface area contributed by atoms with E-state index in [9.17, 15) is 0 Å². The minimum Gasteiger partial charge on any atom is -0.357 e. The Morgan fingerprint density at radius 1 is 0.964 bits per heavy atom. The number of aromatic nitrogens is 1. The Morgan fingerprint density at radius 2 is 1.68 bits per heavy atom. The summed E-state index contributed by atoms with van der Waals surface area (Å²) in [7, 11) is 1.81. The number of likely N-dealkylation sites (tertiary alicyclic amines) is 1. The predicted molar refractivity (Wildman–Crippen MR) is 116 cm³/mol. The summed E-state index contributed by atoms with van der Waals surface area (Å²) >= 11 is 0.